The second-order valence-electron chi connectivity index (χ2n) is 22.0. The molecule has 3 atom stereocenters. The number of anilines is 2. The van der Waals surface area contributed by atoms with Crippen molar-refractivity contribution < 1.29 is 46.9 Å². The quantitative estimate of drug-likeness (QED) is 0.0453. The van der Waals surface area contributed by atoms with Gasteiger partial charge in [0.25, 0.3) is 17.7 Å². The van der Waals surface area contributed by atoms with E-state index < -0.39 is 62.9 Å². The van der Waals surface area contributed by atoms with Crippen molar-refractivity contribution in [2.45, 2.75) is 111 Å². The average molecular weight is 1200 g/mol. The Kier molecular flexibility index (Phi) is 17.0. The molecule has 3 aromatic carbocycles. The third-order valence-electron chi connectivity index (χ3n) is 14.9. The van der Waals surface area contributed by atoms with E-state index in [0.717, 1.165) is 21.3 Å². The summed E-state index contributed by atoms with van der Waals surface area (Å²) >= 11 is 2.63. The predicted octanol–water partition coefficient (Wildman–Crippen LogP) is 7.91. The van der Waals surface area contributed by atoms with E-state index in [9.17, 15) is 37.8 Å². The van der Waals surface area contributed by atoms with E-state index in [1.807, 2.05) is 55.1 Å². The molecule has 0 bridgehead atoms. The minimum Gasteiger partial charge on any atom is -0.505 e. The van der Waals surface area contributed by atoms with Crippen LogP contribution in [0.15, 0.2) is 84.6 Å². The van der Waals surface area contributed by atoms with E-state index in [1.165, 1.54) is 38.5 Å². The molecule has 1 fully saturated rings. The van der Waals surface area contributed by atoms with Gasteiger partial charge in [0.2, 0.25) is 21.8 Å². The first-order valence-corrected chi connectivity index (χ1v) is 30.8. The number of hydrogen-bond donors (Lipinski definition) is 5. The number of aryl methyl sites for hydroxylation is 1. The van der Waals surface area contributed by atoms with E-state index in [2.05, 4.69) is 40.7 Å². The second-order valence-corrected chi connectivity index (χ2v) is 25.7. The number of amides is 4. The lowest BCUT2D eigenvalue weighted by atomic mass is 9.94. The Bertz CT molecular complexity index is 3890. The molecular weight excluding hydrogens is 1140 g/mol. The Morgan fingerprint density at radius 2 is 1.74 bits per heavy atom. The molecule has 10 rings (SSSR count). The van der Waals surface area contributed by atoms with Crippen molar-refractivity contribution >= 4 is 77.5 Å². The van der Waals surface area contributed by atoms with Crippen molar-refractivity contribution in [2.75, 3.05) is 35.7 Å². The average Bonchev–Trinajstić information content (AvgIpc) is 4.39. The molecule has 22 nitrogen and oxygen atoms in total. The van der Waals surface area contributed by atoms with Gasteiger partial charge in [-0.2, -0.15) is 5.10 Å². The number of ether oxygens (including phenoxy) is 1. The van der Waals surface area contributed by atoms with E-state index in [4.69, 9.17) is 9.72 Å². The van der Waals surface area contributed by atoms with Gasteiger partial charge in [0, 0.05) is 53.1 Å². The lowest BCUT2D eigenvalue weighted by Crippen LogP contribution is -2.49. The molecule has 2 aliphatic heterocycles. The number of para-hydroxylation sites is 1. The van der Waals surface area contributed by atoms with E-state index in [-0.39, 0.29) is 66.6 Å². The number of fused-ring (bicyclic) bond motifs is 2. The summed E-state index contributed by atoms with van der Waals surface area (Å²) in [5.74, 6) is -4.05. The topological polar surface area (TPSA) is 282 Å². The molecule has 84 heavy (non-hydrogen) atoms. The SMILES string of the molecule is Cc1ncsc1-c1ccc([C@H](C)NC(=O)[C@@H]2CCCN2C(=O)[C@H](C(C)C)n2cc(OCCCS(=O)(=O)NC(=O)c3nc(N4CCc5cccc(C(=O)Nc6nc7ccccc7s6)c5C4)ccc3-c3cnn(CC(C)(C)O)c3C)nn2)c(O)c1F. The van der Waals surface area contributed by atoms with Crippen LogP contribution in [-0.4, -0.2) is 124 Å². The van der Waals surface area contributed by atoms with E-state index in [0.29, 0.717) is 76.3 Å². The van der Waals surface area contributed by atoms with Crippen molar-refractivity contribution in [3.05, 3.63) is 130 Å². The molecule has 8 aromatic rings. The summed E-state index contributed by atoms with van der Waals surface area (Å²) in [6.07, 6.45) is 4.35. The van der Waals surface area contributed by atoms with Crippen LogP contribution in [0.2, 0.25) is 0 Å². The number of pyridine rings is 1. The first kappa shape index (κ1) is 59.0. The number of halogens is 1. The number of thiazole rings is 2. The zero-order valence-corrected chi connectivity index (χ0v) is 49.7. The van der Waals surface area contributed by atoms with Gasteiger partial charge < -0.3 is 30.1 Å². The number of benzene rings is 3. The van der Waals surface area contributed by atoms with Gasteiger partial charge in [0.1, 0.15) is 23.6 Å². The first-order chi connectivity index (χ1) is 40.0. The molecule has 4 amide bonds. The molecule has 1 saturated heterocycles. The van der Waals surface area contributed by atoms with Crippen molar-refractivity contribution in [1.82, 2.24) is 54.7 Å². The van der Waals surface area contributed by atoms with E-state index >= 15 is 4.39 Å². The lowest BCUT2D eigenvalue weighted by molar-refractivity contribution is -0.142. The number of hydrogen-bond acceptors (Lipinski definition) is 18. The summed E-state index contributed by atoms with van der Waals surface area (Å²) in [6.45, 7) is 13.1. The number of carbonyl (C=O) groups is 4. The van der Waals surface area contributed by atoms with Crippen LogP contribution in [0.25, 0.3) is 31.8 Å². The number of rotatable bonds is 20. The Balaban J connectivity index is 0.789. The fourth-order valence-electron chi connectivity index (χ4n) is 10.7. The maximum absolute atomic E-state index is 15.5. The van der Waals surface area contributed by atoms with E-state index in [1.54, 1.807) is 81.3 Å². The Morgan fingerprint density at radius 3 is 2.49 bits per heavy atom. The zero-order chi connectivity index (χ0) is 59.8. The van der Waals surface area contributed by atoms with Crippen LogP contribution in [-0.2, 0) is 39.1 Å². The molecule has 5 N–H and O–H groups in total. The van der Waals surface area contributed by atoms with Gasteiger partial charge in [-0.25, -0.2) is 37.2 Å². The van der Waals surface area contributed by atoms with Crippen LogP contribution in [0.5, 0.6) is 11.6 Å². The molecule has 5 aromatic heterocycles. The predicted molar refractivity (Wildman–Crippen MR) is 316 cm³/mol. The van der Waals surface area contributed by atoms with Gasteiger partial charge in [-0.1, -0.05) is 65.8 Å². The molecule has 0 saturated carbocycles. The van der Waals surface area contributed by atoms with Gasteiger partial charge >= 0.3 is 0 Å². The largest absolute Gasteiger partial charge is 0.505 e. The van der Waals surface area contributed by atoms with Crippen LogP contribution in [0.4, 0.5) is 15.3 Å². The van der Waals surface area contributed by atoms with Crippen molar-refractivity contribution in [3.8, 4) is 33.2 Å². The third-order valence-corrected chi connectivity index (χ3v) is 18.1. The standard InChI is InChI=1S/C58H64FN13O9S3/c1-32(2)50(56(77)70-23-11-16-44(70)54(75)62-33(3)37-18-19-40(48(59)51(37)73)52-34(4)60-31-82-52)71-29-47(66-68-71)81-25-12-26-84(79,80)67-55(76)49-38(41-27-61-72(35(41)5)30-58(6,7)78)20-21-46(64-49)69-24-22-36-13-10-14-39(42(36)28-69)53(74)65-57-63-43-15-8-9-17-45(43)83-57/h8-10,13-15,17-21,27,29,31-33,44,50,73,78H,11-12,16,22-26,28,30H2,1-7H3,(H,62,75)(H,67,76)(H,63,65,74)/t33-,44-,50-/m0/s1. The van der Waals surface area contributed by atoms with Crippen LogP contribution in [0, 0.1) is 25.6 Å². The smallest absolute Gasteiger partial charge is 0.284 e. The number of phenolic OH excluding ortho intramolecular Hbond substituents is 1. The third kappa shape index (κ3) is 12.7. The normalized spacial score (nSPS) is 15.3. The molecule has 7 heterocycles. The maximum atomic E-state index is 15.5. The van der Waals surface area contributed by atoms with Gasteiger partial charge in [0.05, 0.1) is 69.2 Å². The number of nitrogens with zero attached hydrogens (tertiary/aromatic N) is 10. The zero-order valence-electron chi connectivity index (χ0n) is 47.3. The second kappa shape index (κ2) is 24.2. The highest BCUT2D eigenvalue weighted by Crippen LogP contribution is 2.38. The first-order valence-electron chi connectivity index (χ1n) is 27.4. The van der Waals surface area contributed by atoms with Crippen molar-refractivity contribution in [2.24, 2.45) is 5.92 Å². The van der Waals surface area contributed by atoms with Gasteiger partial charge in [-0.05, 0) is 114 Å². The molecule has 0 spiro atoms. The fraction of sp³-hybridized carbons (Fsp3) is 0.379. The number of phenols is 1. The van der Waals surface area contributed by atoms with Gasteiger partial charge in [-0.3, -0.25) is 29.2 Å². The maximum Gasteiger partial charge on any atom is 0.284 e. The number of aliphatic hydroxyl groups is 1. The number of carbonyl (C=O) groups excluding carboxylic acids is 4. The molecule has 0 unspecified atom stereocenters. The minimum absolute atomic E-state index is 0.00965. The summed E-state index contributed by atoms with van der Waals surface area (Å²) in [5.41, 5.74) is 5.70. The monoisotopic (exact) mass is 1200 g/mol. The Morgan fingerprint density at radius 1 is 0.952 bits per heavy atom. The minimum atomic E-state index is -4.32. The van der Waals surface area contributed by atoms with Crippen LogP contribution in [0.3, 0.4) is 0 Å². The summed E-state index contributed by atoms with van der Waals surface area (Å²) in [6, 6.07) is 17.2. The summed E-state index contributed by atoms with van der Waals surface area (Å²) in [7, 11) is -4.32. The lowest BCUT2D eigenvalue weighted by Gasteiger charge is -2.31. The summed E-state index contributed by atoms with van der Waals surface area (Å²) in [5, 5.41) is 40.5. The molecule has 440 valence electrons. The highest BCUT2D eigenvalue weighted by atomic mass is 32.2. The molecule has 26 heteroatoms. The highest BCUT2D eigenvalue weighted by molar-refractivity contribution is 7.90. The number of likely N-dealkylation sites (tertiary alicyclic amines) is 1. The number of nitrogens with one attached hydrogen (secondary N) is 3. The summed E-state index contributed by atoms with van der Waals surface area (Å²) < 4.78 is 54.8. The van der Waals surface area contributed by atoms with Gasteiger partial charge in [-0.15, -0.1) is 11.3 Å². The van der Waals surface area contributed by atoms with Crippen molar-refractivity contribution in [1.29, 1.82) is 0 Å². The molecule has 0 radical (unpaired) electrons. The number of aromatic nitrogens is 8. The Hall–Kier alpha value is -8.20. The molecule has 0 aliphatic carbocycles. The van der Waals surface area contributed by atoms with Crippen LogP contribution in [0.1, 0.15) is 115 Å². The van der Waals surface area contributed by atoms with Crippen LogP contribution >= 0.6 is 22.7 Å². The highest BCUT2D eigenvalue weighted by Gasteiger charge is 2.40. The number of sulfonamides is 1. The van der Waals surface area contributed by atoms with Crippen molar-refractivity contribution in [3.63, 3.8) is 0 Å². The fourth-order valence-corrected chi connectivity index (χ4v) is 13.4. The molecular formula is C58H64FN13O9S3. The summed E-state index contributed by atoms with van der Waals surface area (Å²) in [4.78, 5) is 73.9. The van der Waals surface area contributed by atoms with Gasteiger partial charge in [0.15, 0.2) is 16.7 Å². The molecule has 2 aliphatic rings. The Labute approximate surface area is 492 Å². The number of aromatic hydroxyl groups is 1. The van der Waals surface area contributed by atoms with Crippen LogP contribution < -0.4 is 25.0 Å².